The van der Waals surface area contributed by atoms with Crippen molar-refractivity contribution in [3.8, 4) is 0 Å². The van der Waals surface area contributed by atoms with E-state index in [1.165, 1.54) is 12.4 Å². The van der Waals surface area contributed by atoms with Crippen molar-refractivity contribution in [2.24, 2.45) is 0 Å². The van der Waals surface area contributed by atoms with Gasteiger partial charge in [0.05, 0.1) is 11.6 Å². The number of pyridine rings is 1. The molecule has 1 atom stereocenters. The maximum absolute atomic E-state index is 12.8. The van der Waals surface area contributed by atoms with E-state index in [-0.39, 0.29) is 11.3 Å². The minimum atomic E-state index is -0.660. The van der Waals surface area contributed by atoms with Gasteiger partial charge < -0.3 is 14.9 Å². The second kappa shape index (κ2) is 8.67. The first-order valence-electron chi connectivity index (χ1n) is 8.99. The smallest absolute Gasteiger partial charge is 0.295 e. The van der Waals surface area contributed by atoms with Gasteiger partial charge in [-0.25, -0.2) is 0 Å². The van der Waals surface area contributed by atoms with Crippen molar-refractivity contribution >= 4 is 33.4 Å². The second-order valence-corrected chi connectivity index (χ2v) is 7.85. The number of benzene rings is 1. The molecule has 1 saturated heterocycles. The van der Waals surface area contributed by atoms with Crippen LogP contribution < -0.4 is 0 Å². The number of likely N-dealkylation sites (tertiary alicyclic amines) is 1. The number of aromatic nitrogens is 1. The molecule has 1 amide bonds. The van der Waals surface area contributed by atoms with Crippen LogP contribution in [0.1, 0.15) is 23.6 Å². The maximum Gasteiger partial charge on any atom is 0.295 e. The number of halogens is 1. The Kier molecular flexibility index (Phi) is 6.26. The van der Waals surface area contributed by atoms with Crippen molar-refractivity contribution in [1.29, 1.82) is 0 Å². The van der Waals surface area contributed by atoms with E-state index in [1.54, 1.807) is 17.0 Å². The van der Waals surface area contributed by atoms with E-state index in [0.29, 0.717) is 12.1 Å². The lowest BCUT2D eigenvalue weighted by molar-refractivity contribution is -0.139. The van der Waals surface area contributed by atoms with E-state index < -0.39 is 17.7 Å². The van der Waals surface area contributed by atoms with Crippen LogP contribution in [0.15, 0.2) is 58.8 Å². The molecule has 1 aliphatic heterocycles. The first kappa shape index (κ1) is 20.2. The molecule has 0 spiro atoms. The fourth-order valence-corrected chi connectivity index (χ4v) is 3.59. The minimum Gasteiger partial charge on any atom is -0.507 e. The van der Waals surface area contributed by atoms with Gasteiger partial charge in [-0.2, -0.15) is 0 Å². The number of nitrogens with zero attached hydrogens (tertiary/aromatic N) is 3. The Morgan fingerprint density at radius 1 is 1.14 bits per heavy atom. The molecule has 1 fully saturated rings. The zero-order valence-electron chi connectivity index (χ0n) is 15.8. The monoisotopic (exact) mass is 443 g/mol. The van der Waals surface area contributed by atoms with Gasteiger partial charge in [-0.05, 0) is 56.9 Å². The maximum atomic E-state index is 12.8. The zero-order valence-corrected chi connectivity index (χ0v) is 17.4. The normalized spacial score (nSPS) is 18.9. The first-order valence-corrected chi connectivity index (χ1v) is 9.78. The van der Waals surface area contributed by atoms with E-state index in [0.717, 1.165) is 23.0 Å². The molecule has 1 aliphatic rings. The molecule has 2 aromatic rings. The summed E-state index contributed by atoms with van der Waals surface area (Å²) < 4.78 is 0.898. The summed E-state index contributed by atoms with van der Waals surface area (Å²) in [5, 5.41) is 10.9. The molecule has 0 bridgehead atoms. The molecule has 146 valence electrons. The summed E-state index contributed by atoms with van der Waals surface area (Å²) in [6.45, 7) is 1.22. The number of carbonyl (C=O) groups excluding carboxylic acids is 2. The molecular weight excluding hydrogens is 422 g/mol. The molecule has 0 aliphatic carbocycles. The summed E-state index contributed by atoms with van der Waals surface area (Å²) in [6, 6.07) is 10.1. The predicted molar refractivity (Wildman–Crippen MR) is 111 cm³/mol. The molecule has 1 N–H and O–H groups in total. The standard InChI is InChI=1S/C21H22BrN3O3/c1-24(2)12-3-13-25-18(14-4-6-16(22)7-5-14)17(20(27)21(25)28)19(26)15-8-10-23-11-9-15/h4-11,18,26H,3,12-13H2,1-2H3/b19-17-. The van der Waals surface area contributed by atoms with Crippen molar-refractivity contribution in [2.45, 2.75) is 12.5 Å². The minimum absolute atomic E-state index is 0.114. The molecule has 28 heavy (non-hydrogen) atoms. The van der Waals surface area contributed by atoms with Gasteiger partial charge in [-0.15, -0.1) is 0 Å². The second-order valence-electron chi connectivity index (χ2n) is 6.94. The van der Waals surface area contributed by atoms with Gasteiger partial charge in [0, 0.05) is 29.0 Å². The van der Waals surface area contributed by atoms with Gasteiger partial charge in [0.15, 0.2) is 0 Å². The first-order chi connectivity index (χ1) is 13.4. The van der Waals surface area contributed by atoms with E-state index in [1.807, 2.05) is 43.3 Å². The number of hydrogen-bond acceptors (Lipinski definition) is 5. The van der Waals surface area contributed by atoms with Crippen LogP contribution in [-0.2, 0) is 9.59 Å². The molecule has 7 heteroatoms. The van der Waals surface area contributed by atoms with Gasteiger partial charge in [-0.1, -0.05) is 28.1 Å². The van der Waals surface area contributed by atoms with E-state index in [9.17, 15) is 14.7 Å². The number of carbonyl (C=O) groups is 2. The summed E-state index contributed by atoms with van der Waals surface area (Å²) in [7, 11) is 3.92. The number of Topliss-reactive ketones (excluding diaryl/α,β-unsaturated/α-hetero) is 1. The topological polar surface area (TPSA) is 73.7 Å². The average Bonchev–Trinajstić information content (AvgIpc) is 2.93. The highest BCUT2D eigenvalue weighted by Gasteiger charge is 2.45. The Bertz CT molecular complexity index is 895. The summed E-state index contributed by atoms with van der Waals surface area (Å²) in [5.74, 6) is -1.42. The SMILES string of the molecule is CN(C)CCCN1C(=O)C(=O)/C(=C(\O)c2ccncc2)C1c1ccc(Br)cc1. The third-order valence-electron chi connectivity index (χ3n) is 4.68. The number of ketones is 1. The lowest BCUT2D eigenvalue weighted by Crippen LogP contribution is -2.32. The predicted octanol–water partition coefficient (Wildman–Crippen LogP) is 3.22. The molecule has 1 aromatic heterocycles. The molecule has 6 nitrogen and oxygen atoms in total. The van der Waals surface area contributed by atoms with Crippen molar-refractivity contribution in [3.05, 3.63) is 70.0 Å². The van der Waals surface area contributed by atoms with Gasteiger partial charge in [-0.3, -0.25) is 14.6 Å². The lowest BCUT2D eigenvalue weighted by Gasteiger charge is -2.26. The highest BCUT2D eigenvalue weighted by molar-refractivity contribution is 9.10. The fourth-order valence-electron chi connectivity index (χ4n) is 3.32. The van der Waals surface area contributed by atoms with Gasteiger partial charge in [0.25, 0.3) is 11.7 Å². The Balaban J connectivity index is 2.07. The number of aliphatic hydroxyl groups excluding tert-OH is 1. The van der Waals surface area contributed by atoms with Crippen molar-refractivity contribution < 1.29 is 14.7 Å². The molecule has 0 saturated carbocycles. The van der Waals surface area contributed by atoms with E-state index in [4.69, 9.17) is 0 Å². The van der Waals surface area contributed by atoms with Crippen LogP contribution >= 0.6 is 15.9 Å². The van der Waals surface area contributed by atoms with Crippen LogP contribution in [0.25, 0.3) is 5.76 Å². The molecule has 0 radical (unpaired) electrons. The van der Waals surface area contributed by atoms with Gasteiger partial charge in [0.1, 0.15) is 5.76 Å². The highest BCUT2D eigenvalue weighted by Crippen LogP contribution is 2.39. The number of rotatable bonds is 6. The van der Waals surface area contributed by atoms with Gasteiger partial charge in [0.2, 0.25) is 0 Å². The van der Waals surface area contributed by atoms with Crippen LogP contribution in [-0.4, -0.2) is 58.8 Å². The molecule has 1 unspecified atom stereocenters. The number of aliphatic hydroxyl groups is 1. The van der Waals surface area contributed by atoms with Crippen LogP contribution in [0, 0.1) is 0 Å². The Labute approximate surface area is 172 Å². The van der Waals surface area contributed by atoms with Crippen molar-refractivity contribution in [3.63, 3.8) is 0 Å². The lowest BCUT2D eigenvalue weighted by atomic mass is 9.95. The van der Waals surface area contributed by atoms with Crippen molar-refractivity contribution in [2.75, 3.05) is 27.2 Å². The van der Waals surface area contributed by atoms with Crippen LogP contribution in [0.2, 0.25) is 0 Å². The van der Waals surface area contributed by atoms with Crippen LogP contribution in [0.4, 0.5) is 0 Å². The molecular formula is C21H22BrN3O3. The Morgan fingerprint density at radius 3 is 2.39 bits per heavy atom. The summed E-state index contributed by atoms with van der Waals surface area (Å²) in [6.07, 6.45) is 3.80. The Hall–Kier alpha value is -2.51. The fraction of sp³-hybridized carbons (Fsp3) is 0.286. The third kappa shape index (κ3) is 4.15. The van der Waals surface area contributed by atoms with E-state index in [2.05, 4.69) is 20.9 Å². The number of amides is 1. The zero-order chi connectivity index (χ0) is 20.3. The quantitative estimate of drug-likeness (QED) is 0.421. The van der Waals surface area contributed by atoms with Crippen molar-refractivity contribution in [1.82, 2.24) is 14.8 Å². The highest BCUT2D eigenvalue weighted by atomic mass is 79.9. The largest absolute Gasteiger partial charge is 0.507 e. The summed E-state index contributed by atoms with van der Waals surface area (Å²) >= 11 is 3.41. The van der Waals surface area contributed by atoms with Crippen LogP contribution in [0.5, 0.6) is 0 Å². The molecule has 3 rings (SSSR count). The van der Waals surface area contributed by atoms with Crippen LogP contribution in [0.3, 0.4) is 0 Å². The Morgan fingerprint density at radius 2 is 1.79 bits per heavy atom. The summed E-state index contributed by atoms with van der Waals surface area (Å²) in [5.41, 5.74) is 1.36. The average molecular weight is 444 g/mol. The third-order valence-corrected chi connectivity index (χ3v) is 5.21. The van der Waals surface area contributed by atoms with E-state index >= 15 is 0 Å². The van der Waals surface area contributed by atoms with Gasteiger partial charge >= 0.3 is 0 Å². The summed E-state index contributed by atoms with van der Waals surface area (Å²) in [4.78, 5) is 33.1. The molecule has 2 heterocycles. The number of hydrogen-bond donors (Lipinski definition) is 1. The molecule has 1 aromatic carbocycles.